The molecule has 0 aromatic heterocycles. The SMILES string of the molecule is CC(=O)Nc1ccc(F)c(NC(=O)[C@@H]2CC(=O)N(c3ccccc3Br)C2)c1. The van der Waals surface area contributed by atoms with Gasteiger partial charge in [0.05, 0.1) is 17.3 Å². The van der Waals surface area contributed by atoms with E-state index in [9.17, 15) is 18.8 Å². The number of hydrogen-bond acceptors (Lipinski definition) is 3. The van der Waals surface area contributed by atoms with Crippen LogP contribution in [0.5, 0.6) is 0 Å². The molecule has 3 amide bonds. The Kier molecular flexibility index (Phi) is 5.55. The zero-order chi connectivity index (χ0) is 19.6. The Morgan fingerprint density at radius 2 is 1.93 bits per heavy atom. The van der Waals surface area contributed by atoms with Crippen LogP contribution in [0, 0.1) is 11.7 Å². The molecule has 1 aliphatic heterocycles. The van der Waals surface area contributed by atoms with Gasteiger partial charge in [0.2, 0.25) is 17.7 Å². The van der Waals surface area contributed by atoms with Crippen molar-refractivity contribution in [2.24, 2.45) is 5.92 Å². The van der Waals surface area contributed by atoms with Crippen molar-refractivity contribution >= 4 is 50.7 Å². The molecule has 2 aromatic rings. The van der Waals surface area contributed by atoms with E-state index in [0.717, 1.165) is 10.5 Å². The van der Waals surface area contributed by atoms with Gasteiger partial charge in [-0.2, -0.15) is 0 Å². The van der Waals surface area contributed by atoms with Crippen LogP contribution in [-0.2, 0) is 14.4 Å². The third-order valence-corrected chi connectivity index (χ3v) is 4.85. The summed E-state index contributed by atoms with van der Waals surface area (Å²) in [5.41, 5.74) is 1.02. The predicted molar refractivity (Wildman–Crippen MR) is 104 cm³/mol. The number of rotatable bonds is 4. The first-order chi connectivity index (χ1) is 12.8. The van der Waals surface area contributed by atoms with E-state index in [2.05, 4.69) is 26.6 Å². The molecule has 0 aliphatic carbocycles. The van der Waals surface area contributed by atoms with Gasteiger partial charge >= 0.3 is 0 Å². The van der Waals surface area contributed by atoms with E-state index in [-0.39, 0.29) is 30.5 Å². The molecule has 0 spiro atoms. The Labute approximate surface area is 163 Å². The van der Waals surface area contributed by atoms with Crippen molar-refractivity contribution in [1.82, 2.24) is 0 Å². The average molecular weight is 434 g/mol. The summed E-state index contributed by atoms with van der Waals surface area (Å²) in [7, 11) is 0. The number of nitrogens with one attached hydrogen (secondary N) is 2. The molecule has 140 valence electrons. The quantitative estimate of drug-likeness (QED) is 0.773. The second-order valence-electron chi connectivity index (χ2n) is 6.22. The molecule has 6 nitrogen and oxygen atoms in total. The lowest BCUT2D eigenvalue weighted by Gasteiger charge is -2.18. The highest BCUT2D eigenvalue weighted by molar-refractivity contribution is 9.10. The monoisotopic (exact) mass is 433 g/mol. The Balaban J connectivity index is 1.73. The zero-order valence-corrected chi connectivity index (χ0v) is 16.0. The molecule has 3 rings (SSSR count). The van der Waals surface area contributed by atoms with E-state index in [1.165, 1.54) is 19.1 Å². The van der Waals surface area contributed by atoms with Crippen LogP contribution >= 0.6 is 15.9 Å². The third kappa shape index (κ3) is 4.33. The fraction of sp³-hybridized carbons (Fsp3) is 0.211. The number of carbonyl (C=O) groups is 3. The van der Waals surface area contributed by atoms with Crippen LogP contribution in [0.2, 0.25) is 0 Å². The molecule has 27 heavy (non-hydrogen) atoms. The molecule has 1 heterocycles. The molecule has 0 saturated carbocycles. The van der Waals surface area contributed by atoms with E-state index in [1.807, 2.05) is 18.2 Å². The van der Waals surface area contributed by atoms with Gasteiger partial charge in [-0.15, -0.1) is 0 Å². The summed E-state index contributed by atoms with van der Waals surface area (Å²) >= 11 is 3.40. The van der Waals surface area contributed by atoms with Crippen LogP contribution in [0.4, 0.5) is 21.5 Å². The van der Waals surface area contributed by atoms with Crippen molar-refractivity contribution in [1.29, 1.82) is 0 Å². The van der Waals surface area contributed by atoms with Crippen molar-refractivity contribution in [3.8, 4) is 0 Å². The van der Waals surface area contributed by atoms with Crippen LogP contribution in [0.3, 0.4) is 0 Å². The molecule has 1 fully saturated rings. The minimum Gasteiger partial charge on any atom is -0.326 e. The molecular weight excluding hydrogens is 417 g/mol. The highest BCUT2D eigenvalue weighted by atomic mass is 79.9. The number of benzene rings is 2. The Bertz CT molecular complexity index is 919. The van der Waals surface area contributed by atoms with Crippen molar-refractivity contribution in [2.45, 2.75) is 13.3 Å². The first-order valence-corrected chi connectivity index (χ1v) is 9.07. The Hall–Kier alpha value is -2.74. The lowest BCUT2D eigenvalue weighted by atomic mass is 10.1. The maximum atomic E-state index is 14.0. The Morgan fingerprint density at radius 3 is 2.63 bits per heavy atom. The van der Waals surface area contributed by atoms with Gasteiger partial charge in [-0.05, 0) is 46.3 Å². The lowest BCUT2D eigenvalue weighted by molar-refractivity contribution is -0.122. The molecule has 0 unspecified atom stereocenters. The number of nitrogens with zero attached hydrogens (tertiary/aromatic N) is 1. The Morgan fingerprint density at radius 1 is 1.19 bits per heavy atom. The summed E-state index contributed by atoms with van der Waals surface area (Å²) in [6, 6.07) is 11.2. The summed E-state index contributed by atoms with van der Waals surface area (Å²) in [6.07, 6.45) is 0.0418. The second-order valence-corrected chi connectivity index (χ2v) is 7.08. The molecule has 8 heteroatoms. The van der Waals surface area contributed by atoms with Crippen molar-refractivity contribution in [3.63, 3.8) is 0 Å². The topological polar surface area (TPSA) is 78.5 Å². The summed E-state index contributed by atoms with van der Waals surface area (Å²) in [4.78, 5) is 37.6. The molecule has 0 bridgehead atoms. The van der Waals surface area contributed by atoms with Crippen LogP contribution in [0.1, 0.15) is 13.3 Å². The van der Waals surface area contributed by atoms with Gasteiger partial charge in [0.15, 0.2) is 0 Å². The van der Waals surface area contributed by atoms with E-state index < -0.39 is 17.6 Å². The average Bonchev–Trinajstić information content (AvgIpc) is 2.99. The summed E-state index contributed by atoms with van der Waals surface area (Å²) in [5, 5.41) is 5.05. The number of anilines is 3. The first-order valence-electron chi connectivity index (χ1n) is 8.28. The van der Waals surface area contributed by atoms with E-state index in [4.69, 9.17) is 0 Å². The van der Waals surface area contributed by atoms with Crippen LogP contribution in [0.15, 0.2) is 46.9 Å². The highest BCUT2D eigenvalue weighted by Crippen LogP contribution is 2.32. The molecule has 2 N–H and O–H groups in total. The maximum Gasteiger partial charge on any atom is 0.229 e. The number of carbonyl (C=O) groups excluding carboxylic acids is 3. The second kappa shape index (κ2) is 7.87. The van der Waals surface area contributed by atoms with Gasteiger partial charge < -0.3 is 15.5 Å². The summed E-state index contributed by atoms with van der Waals surface area (Å²) in [6.45, 7) is 1.54. The van der Waals surface area contributed by atoms with Crippen molar-refractivity contribution in [2.75, 3.05) is 22.1 Å². The number of hydrogen-bond donors (Lipinski definition) is 2. The van der Waals surface area contributed by atoms with Crippen molar-refractivity contribution < 1.29 is 18.8 Å². The lowest BCUT2D eigenvalue weighted by Crippen LogP contribution is -2.28. The van der Waals surface area contributed by atoms with E-state index in [0.29, 0.717) is 11.4 Å². The van der Waals surface area contributed by atoms with Gasteiger partial charge in [0.1, 0.15) is 5.82 Å². The summed E-state index contributed by atoms with van der Waals surface area (Å²) in [5.74, 6) is -2.14. The molecular formula is C19H17BrFN3O3. The largest absolute Gasteiger partial charge is 0.326 e. The molecule has 0 radical (unpaired) electrons. The molecule has 1 saturated heterocycles. The zero-order valence-electron chi connectivity index (χ0n) is 14.5. The van der Waals surface area contributed by atoms with Crippen LogP contribution in [-0.4, -0.2) is 24.3 Å². The minimum atomic E-state index is -0.621. The number of para-hydroxylation sites is 1. The van der Waals surface area contributed by atoms with Gasteiger partial charge in [-0.3, -0.25) is 14.4 Å². The normalized spacial score (nSPS) is 16.3. The van der Waals surface area contributed by atoms with Gasteiger partial charge in [0, 0.05) is 30.0 Å². The minimum absolute atomic E-state index is 0.0418. The fourth-order valence-corrected chi connectivity index (χ4v) is 3.42. The van der Waals surface area contributed by atoms with Gasteiger partial charge in [0.25, 0.3) is 0 Å². The molecule has 1 atom stereocenters. The van der Waals surface area contributed by atoms with Gasteiger partial charge in [-0.1, -0.05) is 12.1 Å². The third-order valence-electron chi connectivity index (χ3n) is 4.18. The van der Waals surface area contributed by atoms with E-state index >= 15 is 0 Å². The smallest absolute Gasteiger partial charge is 0.229 e. The molecule has 1 aliphatic rings. The molecule has 2 aromatic carbocycles. The predicted octanol–water partition coefficient (Wildman–Crippen LogP) is 3.54. The van der Waals surface area contributed by atoms with Crippen LogP contribution in [0.25, 0.3) is 0 Å². The number of amides is 3. The summed E-state index contributed by atoms with van der Waals surface area (Å²) < 4.78 is 14.8. The standard InChI is InChI=1S/C19H17BrFN3O3/c1-11(25)22-13-6-7-15(21)16(9-13)23-19(27)12-8-18(26)24(10-12)17-5-3-2-4-14(17)20/h2-7,9,12H,8,10H2,1H3,(H,22,25)(H,23,27)/t12-/m1/s1. The van der Waals surface area contributed by atoms with Crippen LogP contribution < -0.4 is 15.5 Å². The first kappa shape index (κ1) is 19.0. The van der Waals surface area contributed by atoms with Crippen molar-refractivity contribution in [3.05, 3.63) is 52.8 Å². The van der Waals surface area contributed by atoms with E-state index in [1.54, 1.807) is 11.0 Å². The highest BCUT2D eigenvalue weighted by Gasteiger charge is 2.36. The van der Waals surface area contributed by atoms with Gasteiger partial charge in [-0.25, -0.2) is 4.39 Å². The number of halogens is 2. The maximum absolute atomic E-state index is 14.0. The fourth-order valence-electron chi connectivity index (χ4n) is 2.92.